The molecule has 0 radical (unpaired) electrons. The number of carbonyl (C=O) groups excluding carboxylic acids is 1. The van der Waals surface area contributed by atoms with E-state index in [0.29, 0.717) is 18.0 Å². The Morgan fingerprint density at radius 1 is 0.963 bits per heavy atom. The SMILES string of the molecule is Cc1cccc(NC(=O)C2=NN(c3ccccc3)C(c3ccccc3)C2)n1. The van der Waals surface area contributed by atoms with E-state index in [1.54, 1.807) is 6.07 Å². The fourth-order valence-electron chi connectivity index (χ4n) is 3.20. The number of nitrogens with one attached hydrogen (secondary N) is 1. The molecule has 1 aromatic heterocycles. The van der Waals surface area contributed by atoms with E-state index in [2.05, 4.69) is 27.5 Å². The minimum absolute atomic E-state index is 0.0141. The van der Waals surface area contributed by atoms with Crippen LogP contribution in [0.25, 0.3) is 0 Å². The quantitative estimate of drug-likeness (QED) is 0.757. The average molecular weight is 356 g/mol. The first-order chi connectivity index (χ1) is 13.2. The third kappa shape index (κ3) is 3.72. The Hall–Kier alpha value is -3.47. The van der Waals surface area contributed by atoms with Crippen molar-refractivity contribution in [1.29, 1.82) is 0 Å². The van der Waals surface area contributed by atoms with Gasteiger partial charge < -0.3 is 5.32 Å². The number of benzene rings is 2. The van der Waals surface area contributed by atoms with Crippen molar-refractivity contribution in [1.82, 2.24) is 4.98 Å². The number of carbonyl (C=O) groups is 1. The summed E-state index contributed by atoms with van der Waals surface area (Å²) in [5, 5.41) is 9.43. The molecule has 1 aliphatic rings. The number of rotatable bonds is 4. The monoisotopic (exact) mass is 356 g/mol. The van der Waals surface area contributed by atoms with Crippen molar-refractivity contribution in [3.63, 3.8) is 0 Å². The Kier molecular flexibility index (Phi) is 4.66. The molecule has 0 saturated heterocycles. The highest BCUT2D eigenvalue weighted by atomic mass is 16.2. The normalized spacial score (nSPS) is 16.1. The molecule has 134 valence electrons. The van der Waals surface area contributed by atoms with E-state index in [-0.39, 0.29) is 11.9 Å². The number of hydrazone groups is 1. The summed E-state index contributed by atoms with van der Waals surface area (Å²) in [6.45, 7) is 1.89. The first-order valence-electron chi connectivity index (χ1n) is 8.92. The van der Waals surface area contributed by atoms with Crippen molar-refractivity contribution in [3.8, 4) is 0 Å². The zero-order valence-corrected chi connectivity index (χ0v) is 15.0. The van der Waals surface area contributed by atoms with Gasteiger partial charge in [-0.2, -0.15) is 5.10 Å². The Balaban J connectivity index is 1.62. The molecule has 1 amide bonds. The number of para-hydroxylation sites is 1. The third-order valence-corrected chi connectivity index (χ3v) is 4.51. The molecular formula is C22H20N4O. The molecule has 5 nitrogen and oxygen atoms in total. The van der Waals surface area contributed by atoms with Gasteiger partial charge in [0.25, 0.3) is 5.91 Å². The molecule has 1 atom stereocenters. The molecule has 27 heavy (non-hydrogen) atoms. The lowest BCUT2D eigenvalue weighted by atomic mass is 10.0. The minimum atomic E-state index is -0.215. The molecule has 4 rings (SSSR count). The van der Waals surface area contributed by atoms with Crippen molar-refractivity contribution in [2.24, 2.45) is 5.10 Å². The van der Waals surface area contributed by atoms with Gasteiger partial charge in [-0.25, -0.2) is 4.98 Å². The van der Waals surface area contributed by atoms with Crippen LogP contribution in [0, 0.1) is 6.92 Å². The Morgan fingerprint density at radius 3 is 2.37 bits per heavy atom. The lowest BCUT2D eigenvalue weighted by Gasteiger charge is -2.23. The fraction of sp³-hybridized carbons (Fsp3) is 0.136. The van der Waals surface area contributed by atoms with Gasteiger partial charge in [0, 0.05) is 12.1 Å². The second-order valence-corrected chi connectivity index (χ2v) is 6.48. The largest absolute Gasteiger partial charge is 0.305 e. The molecule has 0 fully saturated rings. The zero-order chi connectivity index (χ0) is 18.6. The highest BCUT2D eigenvalue weighted by molar-refractivity contribution is 6.43. The van der Waals surface area contributed by atoms with E-state index in [9.17, 15) is 4.79 Å². The van der Waals surface area contributed by atoms with E-state index in [0.717, 1.165) is 16.9 Å². The van der Waals surface area contributed by atoms with Gasteiger partial charge >= 0.3 is 0 Å². The number of anilines is 2. The number of pyridine rings is 1. The number of nitrogens with zero attached hydrogens (tertiary/aromatic N) is 3. The number of hydrogen-bond donors (Lipinski definition) is 1. The zero-order valence-electron chi connectivity index (χ0n) is 15.0. The standard InChI is InChI=1S/C22H20N4O/c1-16-9-8-14-21(23-16)24-22(27)19-15-20(17-10-4-2-5-11-17)26(25-19)18-12-6-3-7-13-18/h2-14,20H,15H2,1H3,(H,23,24,27). The highest BCUT2D eigenvalue weighted by Gasteiger charge is 2.32. The molecule has 1 unspecified atom stereocenters. The maximum Gasteiger partial charge on any atom is 0.273 e. The fourth-order valence-corrected chi connectivity index (χ4v) is 3.20. The summed E-state index contributed by atoms with van der Waals surface area (Å²) in [6.07, 6.45) is 0.538. The summed E-state index contributed by atoms with van der Waals surface area (Å²) in [6, 6.07) is 25.6. The molecule has 0 bridgehead atoms. The predicted octanol–water partition coefficient (Wildman–Crippen LogP) is 4.34. The minimum Gasteiger partial charge on any atom is -0.305 e. The van der Waals surface area contributed by atoms with E-state index in [4.69, 9.17) is 0 Å². The number of amides is 1. The first kappa shape index (κ1) is 17.0. The third-order valence-electron chi connectivity index (χ3n) is 4.51. The van der Waals surface area contributed by atoms with Gasteiger partial charge in [-0.15, -0.1) is 0 Å². The van der Waals surface area contributed by atoms with Crippen molar-refractivity contribution in [2.75, 3.05) is 10.3 Å². The highest BCUT2D eigenvalue weighted by Crippen LogP contribution is 2.35. The molecule has 1 N–H and O–H groups in total. The summed E-state index contributed by atoms with van der Waals surface area (Å²) < 4.78 is 0. The molecule has 1 aliphatic heterocycles. The van der Waals surface area contributed by atoms with Gasteiger partial charge in [0.2, 0.25) is 0 Å². The first-order valence-corrected chi connectivity index (χ1v) is 8.92. The predicted molar refractivity (Wildman–Crippen MR) is 108 cm³/mol. The number of hydrogen-bond acceptors (Lipinski definition) is 4. The molecule has 2 aromatic carbocycles. The van der Waals surface area contributed by atoms with Gasteiger partial charge in [0.1, 0.15) is 11.5 Å². The molecule has 0 aliphatic carbocycles. The molecule has 3 aromatic rings. The van der Waals surface area contributed by atoms with E-state index in [1.807, 2.05) is 72.6 Å². The van der Waals surface area contributed by atoms with Crippen LogP contribution in [0.2, 0.25) is 0 Å². The van der Waals surface area contributed by atoms with Crippen LogP contribution in [0.5, 0.6) is 0 Å². The number of aromatic nitrogens is 1. The van der Waals surface area contributed by atoms with Crippen molar-refractivity contribution < 1.29 is 4.79 Å². The van der Waals surface area contributed by atoms with Gasteiger partial charge in [-0.1, -0.05) is 54.6 Å². The lowest BCUT2D eigenvalue weighted by Crippen LogP contribution is -2.22. The Bertz CT molecular complexity index is 970. The molecule has 0 saturated carbocycles. The average Bonchev–Trinajstić information content (AvgIpc) is 3.15. The second kappa shape index (κ2) is 7.41. The van der Waals surface area contributed by atoms with Crippen LogP contribution in [0.3, 0.4) is 0 Å². The maximum absolute atomic E-state index is 12.8. The van der Waals surface area contributed by atoms with Crippen LogP contribution in [-0.4, -0.2) is 16.6 Å². The van der Waals surface area contributed by atoms with Gasteiger partial charge in [0.15, 0.2) is 0 Å². The van der Waals surface area contributed by atoms with Crippen molar-refractivity contribution in [2.45, 2.75) is 19.4 Å². The van der Waals surface area contributed by atoms with Gasteiger partial charge in [-0.3, -0.25) is 9.80 Å². The molecule has 5 heteroatoms. The summed E-state index contributed by atoms with van der Waals surface area (Å²) in [7, 11) is 0. The topological polar surface area (TPSA) is 57.6 Å². The van der Waals surface area contributed by atoms with Crippen molar-refractivity contribution >= 4 is 23.1 Å². The van der Waals surface area contributed by atoms with E-state index in [1.165, 1.54) is 0 Å². The van der Waals surface area contributed by atoms with Gasteiger partial charge in [0.05, 0.1) is 11.7 Å². The lowest BCUT2D eigenvalue weighted by molar-refractivity contribution is -0.110. The maximum atomic E-state index is 12.8. The molecular weight excluding hydrogens is 336 g/mol. The van der Waals surface area contributed by atoms with Crippen LogP contribution in [0.15, 0.2) is 84.0 Å². The van der Waals surface area contributed by atoms with E-state index < -0.39 is 0 Å². The smallest absolute Gasteiger partial charge is 0.273 e. The molecule has 2 heterocycles. The summed E-state index contributed by atoms with van der Waals surface area (Å²) >= 11 is 0. The van der Waals surface area contributed by atoms with Crippen LogP contribution in [-0.2, 0) is 4.79 Å². The van der Waals surface area contributed by atoms with Crippen LogP contribution >= 0.6 is 0 Å². The number of aryl methyl sites for hydroxylation is 1. The summed E-state index contributed by atoms with van der Waals surface area (Å²) in [4.78, 5) is 17.1. The van der Waals surface area contributed by atoms with Crippen molar-refractivity contribution in [3.05, 3.63) is 90.1 Å². The van der Waals surface area contributed by atoms with Gasteiger partial charge in [-0.05, 0) is 36.8 Å². The van der Waals surface area contributed by atoms with Crippen LogP contribution < -0.4 is 10.3 Å². The Labute approximate surface area is 158 Å². The van der Waals surface area contributed by atoms with Crippen LogP contribution in [0.1, 0.15) is 23.7 Å². The Morgan fingerprint density at radius 2 is 1.67 bits per heavy atom. The summed E-state index contributed by atoms with van der Waals surface area (Å²) in [5.74, 6) is 0.324. The van der Waals surface area contributed by atoms with E-state index >= 15 is 0 Å². The molecule has 0 spiro atoms. The second-order valence-electron chi connectivity index (χ2n) is 6.48. The summed E-state index contributed by atoms with van der Waals surface area (Å²) in [5.41, 5.74) is 3.44. The van der Waals surface area contributed by atoms with Crippen LogP contribution in [0.4, 0.5) is 11.5 Å².